The molecule has 1 fully saturated rings. The Hall–Kier alpha value is -4.11. The van der Waals surface area contributed by atoms with E-state index in [1.807, 2.05) is 24.3 Å². The maximum Gasteiger partial charge on any atom is 0.272 e. The quantitative estimate of drug-likeness (QED) is 0.240. The lowest BCUT2D eigenvalue weighted by Crippen LogP contribution is -2.40. The summed E-state index contributed by atoms with van der Waals surface area (Å²) in [4.78, 5) is 38.8. The minimum atomic E-state index is -1.20. The van der Waals surface area contributed by atoms with Crippen molar-refractivity contribution in [3.63, 3.8) is 0 Å². The van der Waals surface area contributed by atoms with E-state index in [9.17, 15) is 14.4 Å². The van der Waals surface area contributed by atoms with Gasteiger partial charge in [0.15, 0.2) is 6.04 Å². The molecule has 180 valence electrons. The second-order valence-electron chi connectivity index (χ2n) is 8.51. The largest absolute Gasteiger partial charge is 0.335 e. The summed E-state index contributed by atoms with van der Waals surface area (Å²) < 4.78 is 0.914. The molecule has 9 heteroatoms. The van der Waals surface area contributed by atoms with Gasteiger partial charge >= 0.3 is 0 Å². The molecule has 1 saturated carbocycles. The molecule has 1 heterocycles. The van der Waals surface area contributed by atoms with E-state index in [-0.39, 0.29) is 17.2 Å². The number of hydrazone groups is 1. The highest BCUT2D eigenvalue weighted by Gasteiger charge is 2.31. The number of rotatable bonds is 7. The zero-order chi connectivity index (χ0) is 25.1. The van der Waals surface area contributed by atoms with E-state index in [1.165, 1.54) is 0 Å². The van der Waals surface area contributed by atoms with Gasteiger partial charge in [0.25, 0.3) is 17.4 Å². The van der Waals surface area contributed by atoms with Crippen molar-refractivity contribution in [1.29, 1.82) is 0 Å². The summed E-state index contributed by atoms with van der Waals surface area (Å²) in [7, 11) is 0. The normalized spacial score (nSPS) is 14.3. The number of carbonyl (C=O) groups is 2. The van der Waals surface area contributed by atoms with Gasteiger partial charge < -0.3 is 5.32 Å². The number of benzene rings is 3. The number of H-pyrrole nitrogens is 1. The van der Waals surface area contributed by atoms with Crippen molar-refractivity contribution >= 4 is 44.2 Å². The molecule has 3 aromatic carbocycles. The molecule has 1 aliphatic carbocycles. The number of carbonyl (C=O) groups excluding carboxylic acids is 2. The second kappa shape index (κ2) is 10.2. The monoisotopic (exact) mass is 543 g/mol. The first-order valence-electron chi connectivity index (χ1n) is 11.5. The van der Waals surface area contributed by atoms with Crippen molar-refractivity contribution < 1.29 is 9.59 Å². The number of nitrogens with one attached hydrogen (secondary N) is 3. The van der Waals surface area contributed by atoms with Gasteiger partial charge in [0.2, 0.25) is 0 Å². The predicted octanol–water partition coefficient (Wildman–Crippen LogP) is 4.09. The molecule has 1 aliphatic rings. The average molecular weight is 544 g/mol. The number of hydrogen-bond donors (Lipinski definition) is 3. The van der Waals surface area contributed by atoms with Gasteiger partial charge in [-0.3, -0.25) is 14.4 Å². The molecule has 2 amide bonds. The molecule has 1 atom stereocenters. The second-order valence-corrected chi connectivity index (χ2v) is 9.43. The third-order valence-electron chi connectivity index (χ3n) is 5.94. The summed E-state index contributed by atoms with van der Waals surface area (Å²) in [6.07, 6.45) is 1.98. The van der Waals surface area contributed by atoms with Gasteiger partial charge in [0, 0.05) is 21.3 Å². The van der Waals surface area contributed by atoms with Gasteiger partial charge in [0.05, 0.1) is 11.1 Å². The van der Waals surface area contributed by atoms with Crippen LogP contribution in [0, 0.1) is 5.92 Å². The Kier molecular flexibility index (Phi) is 6.73. The van der Waals surface area contributed by atoms with Crippen LogP contribution in [-0.4, -0.2) is 27.7 Å². The van der Waals surface area contributed by atoms with Crippen LogP contribution in [0.1, 0.15) is 40.5 Å². The molecule has 3 N–H and O–H groups in total. The number of aromatic amines is 1. The SMILES string of the molecule is O=C(NC(C(=O)N/N=C(/c1cccc(Br)c1)C1CC1)c1n[nH]c(=O)c2ccccc12)c1ccccc1. The average Bonchev–Trinajstić information content (AvgIpc) is 3.74. The molecule has 5 rings (SSSR count). The number of halogens is 1. The Labute approximate surface area is 215 Å². The van der Waals surface area contributed by atoms with Crippen LogP contribution in [0.2, 0.25) is 0 Å². The maximum absolute atomic E-state index is 13.5. The van der Waals surface area contributed by atoms with E-state index in [0.29, 0.717) is 16.3 Å². The molecule has 36 heavy (non-hydrogen) atoms. The summed E-state index contributed by atoms with van der Waals surface area (Å²) in [5, 5.41) is 14.7. The highest BCUT2D eigenvalue weighted by atomic mass is 79.9. The van der Waals surface area contributed by atoms with E-state index >= 15 is 0 Å². The minimum absolute atomic E-state index is 0.220. The summed E-state index contributed by atoms with van der Waals surface area (Å²) in [5.74, 6) is -0.771. The van der Waals surface area contributed by atoms with Crippen LogP contribution in [0.25, 0.3) is 10.8 Å². The van der Waals surface area contributed by atoms with Crippen LogP contribution < -0.4 is 16.3 Å². The highest BCUT2D eigenvalue weighted by molar-refractivity contribution is 9.10. The maximum atomic E-state index is 13.5. The molecular formula is C27H22BrN5O3. The van der Waals surface area contributed by atoms with Crippen LogP contribution in [0.3, 0.4) is 0 Å². The topological polar surface area (TPSA) is 116 Å². The van der Waals surface area contributed by atoms with Crippen molar-refractivity contribution in [2.75, 3.05) is 0 Å². The molecule has 0 saturated heterocycles. The van der Waals surface area contributed by atoms with Gasteiger partial charge in [-0.25, -0.2) is 10.5 Å². The lowest BCUT2D eigenvalue weighted by atomic mass is 10.0. The first-order chi connectivity index (χ1) is 17.5. The van der Waals surface area contributed by atoms with Crippen LogP contribution in [0.5, 0.6) is 0 Å². The first kappa shape index (κ1) is 23.6. The number of hydrogen-bond acceptors (Lipinski definition) is 5. The Bertz CT molecular complexity index is 1530. The van der Waals surface area contributed by atoms with Crippen molar-refractivity contribution in [2.24, 2.45) is 11.0 Å². The zero-order valence-corrected chi connectivity index (χ0v) is 20.7. The molecular weight excluding hydrogens is 522 g/mol. The zero-order valence-electron chi connectivity index (χ0n) is 19.1. The highest BCUT2D eigenvalue weighted by Crippen LogP contribution is 2.34. The van der Waals surface area contributed by atoms with Gasteiger partial charge in [-0.05, 0) is 48.7 Å². The number of aromatic nitrogens is 2. The number of fused-ring (bicyclic) bond motifs is 1. The van der Waals surface area contributed by atoms with Gasteiger partial charge in [0.1, 0.15) is 5.69 Å². The molecule has 0 radical (unpaired) electrons. The summed E-state index contributed by atoms with van der Waals surface area (Å²) in [6, 6.07) is 21.9. The van der Waals surface area contributed by atoms with E-state index in [0.717, 1.165) is 28.6 Å². The van der Waals surface area contributed by atoms with Crippen molar-refractivity contribution in [1.82, 2.24) is 20.9 Å². The number of amides is 2. The third kappa shape index (κ3) is 5.11. The van der Waals surface area contributed by atoms with Crippen LogP contribution in [0.4, 0.5) is 0 Å². The lowest BCUT2D eigenvalue weighted by molar-refractivity contribution is -0.123. The Morgan fingerprint density at radius 3 is 2.36 bits per heavy atom. The minimum Gasteiger partial charge on any atom is -0.335 e. The Morgan fingerprint density at radius 1 is 0.944 bits per heavy atom. The fourth-order valence-electron chi connectivity index (χ4n) is 3.99. The summed E-state index contributed by atoms with van der Waals surface area (Å²) >= 11 is 3.48. The van der Waals surface area contributed by atoms with E-state index in [2.05, 4.69) is 42.0 Å². The van der Waals surface area contributed by atoms with Gasteiger partial charge in [-0.15, -0.1) is 0 Å². The molecule has 0 aliphatic heterocycles. The Balaban J connectivity index is 1.51. The fourth-order valence-corrected chi connectivity index (χ4v) is 4.39. The van der Waals surface area contributed by atoms with E-state index in [1.54, 1.807) is 54.6 Å². The van der Waals surface area contributed by atoms with Crippen LogP contribution in [-0.2, 0) is 4.79 Å². The molecule has 1 unspecified atom stereocenters. The van der Waals surface area contributed by atoms with E-state index < -0.39 is 17.9 Å². The third-order valence-corrected chi connectivity index (χ3v) is 6.44. The molecule has 8 nitrogen and oxygen atoms in total. The first-order valence-corrected chi connectivity index (χ1v) is 12.3. The Morgan fingerprint density at radius 2 is 1.64 bits per heavy atom. The van der Waals surface area contributed by atoms with Gasteiger partial charge in [-0.2, -0.15) is 10.2 Å². The molecule has 0 spiro atoms. The van der Waals surface area contributed by atoms with Crippen LogP contribution >= 0.6 is 15.9 Å². The van der Waals surface area contributed by atoms with E-state index in [4.69, 9.17) is 0 Å². The summed E-state index contributed by atoms with van der Waals surface area (Å²) in [6.45, 7) is 0. The van der Waals surface area contributed by atoms with Crippen molar-refractivity contribution in [2.45, 2.75) is 18.9 Å². The standard InChI is InChI=1S/C27H22BrN5O3/c28-19-10-6-9-18(15-19)22(16-13-14-16)30-33-27(36)24(29-25(34)17-7-2-1-3-8-17)23-20-11-4-5-12-21(20)26(35)32-31-23/h1-12,15-16,24H,13-14H2,(H,29,34)(H,32,35)(H,33,36)/b30-22+. The predicted molar refractivity (Wildman–Crippen MR) is 141 cm³/mol. The fraction of sp³-hybridized carbons (Fsp3) is 0.148. The lowest BCUT2D eigenvalue weighted by Gasteiger charge is -2.18. The number of nitrogens with zero attached hydrogens (tertiary/aromatic N) is 2. The molecule has 1 aromatic heterocycles. The van der Waals surface area contributed by atoms with Crippen molar-refractivity contribution in [3.8, 4) is 0 Å². The van der Waals surface area contributed by atoms with Gasteiger partial charge in [-0.1, -0.05) is 64.5 Å². The molecule has 0 bridgehead atoms. The molecule has 4 aromatic rings. The van der Waals surface area contributed by atoms with Crippen molar-refractivity contribution in [3.05, 3.63) is 111 Å². The smallest absolute Gasteiger partial charge is 0.272 e. The summed E-state index contributed by atoms with van der Waals surface area (Å²) in [5.41, 5.74) is 4.55. The van der Waals surface area contributed by atoms with Crippen LogP contribution in [0.15, 0.2) is 93.2 Å².